The van der Waals surface area contributed by atoms with Gasteiger partial charge >= 0.3 is 0 Å². The first-order valence-electron chi connectivity index (χ1n) is 9.31. The van der Waals surface area contributed by atoms with Crippen molar-refractivity contribution < 1.29 is 0 Å². The Morgan fingerprint density at radius 2 is 1.78 bits per heavy atom. The monoisotopic (exact) mass is 364 g/mol. The molecular formula is C20H24N6O. The number of nitrogens with one attached hydrogen (secondary N) is 1. The van der Waals surface area contributed by atoms with E-state index in [0.717, 1.165) is 37.3 Å². The van der Waals surface area contributed by atoms with E-state index in [4.69, 9.17) is 0 Å². The molecule has 7 heteroatoms. The van der Waals surface area contributed by atoms with Crippen LogP contribution in [0.4, 0.5) is 17.3 Å². The average molecular weight is 364 g/mol. The van der Waals surface area contributed by atoms with Crippen molar-refractivity contribution in [3.63, 3.8) is 0 Å². The first-order valence-corrected chi connectivity index (χ1v) is 9.31. The quantitative estimate of drug-likeness (QED) is 0.766. The van der Waals surface area contributed by atoms with Gasteiger partial charge in [-0.25, -0.2) is 4.98 Å². The largest absolute Gasteiger partial charge is 0.369 e. The normalized spacial score (nSPS) is 15.3. The van der Waals surface area contributed by atoms with E-state index in [-0.39, 0.29) is 5.56 Å². The molecule has 1 aliphatic rings. The summed E-state index contributed by atoms with van der Waals surface area (Å²) in [6, 6.07) is 11.6. The maximum atomic E-state index is 12.0. The third-order valence-electron chi connectivity index (χ3n) is 5.03. The van der Waals surface area contributed by atoms with Gasteiger partial charge < -0.3 is 15.1 Å². The van der Waals surface area contributed by atoms with Gasteiger partial charge in [-0.15, -0.1) is 0 Å². The molecule has 3 aromatic rings. The van der Waals surface area contributed by atoms with Gasteiger partial charge in [-0.2, -0.15) is 4.98 Å². The number of benzene rings is 1. The van der Waals surface area contributed by atoms with Crippen molar-refractivity contribution in [3.8, 4) is 0 Å². The molecule has 1 aliphatic heterocycles. The van der Waals surface area contributed by atoms with E-state index in [0.29, 0.717) is 18.1 Å². The minimum atomic E-state index is -0.0498. The standard InChI is InChI=1S/C20H24N6O/c1-3-26-18(27)9-4-15-14-21-20(23-19(15)26)22-16-5-7-17(8-6-16)25-12-10-24(2)11-13-25/h4-9,14H,3,10-13H2,1-2H3,(H,21,22,23). The third-order valence-corrected chi connectivity index (χ3v) is 5.03. The van der Waals surface area contributed by atoms with E-state index >= 15 is 0 Å². The van der Waals surface area contributed by atoms with Crippen LogP contribution in [0.5, 0.6) is 0 Å². The average Bonchev–Trinajstić information content (AvgIpc) is 2.69. The molecule has 0 bridgehead atoms. The van der Waals surface area contributed by atoms with Crippen LogP contribution in [0, 0.1) is 0 Å². The maximum Gasteiger partial charge on any atom is 0.252 e. The number of pyridine rings is 1. The van der Waals surface area contributed by atoms with Gasteiger partial charge in [0.05, 0.1) is 0 Å². The fraction of sp³-hybridized carbons (Fsp3) is 0.350. The molecule has 1 saturated heterocycles. The minimum Gasteiger partial charge on any atom is -0.369 e. The van der Waals surface area contributed by atoms with Gasteiger partial charge in [-0.3, -0.25) is 9.36 Å². The summed E-state index contributed by atoms with van der Waals surface area (Å²) in [7, 11) is 2.16. The van der Waals surface area contributed by atoms with Crippen LogP contribution in [0.25, 0.3) is 11.0 Å². The predicted molar refractivity (Wildman–Crippen MR) is 109 cm³/mol. The fourth-order valence-corrected chi connectivity index (χ4v) is 3.39. The van der Waals surface area contributed by atoms with Gasteiger partial charge in [-0.05, 0) is 44.3 Å². The maximum absolute atomic E-state index is 12.0. The highest BCUT2D eigenvalue weighted by Crippen LogP contribution is 2.21. The number of fused-ring (bicyclic) bond motifs is 1. The van der Waals surface area contributed by atoms with Crippen LogP contribution in [0.3, 0.4) is 0 Å². The molecule has 2 aromatic heterocycles. The second-order valence-electron chi connectivity index (χ2n) is 6.85. The molecule has 0 amide bonds. The zero-order valence-electron chi connectivity index (χ0n) is 15.7. The first-order chi connectivity index (χ1) is 13.1. The summed E-state index contributed by atoms with van der Waals surface area (Å²) in [4.78, 5) is 25.7. The van der Waals surface area contributed by atoms with Crippen LogP contribution in [0.15, 0.2) is 47.4 Å². The number of hydrogen-bond donors (Lipinski definition) is 1. The van der Waals surface area contributed by atoms with Crippen molar-refractivity contribution in [1.29, 1.82) is 0 Å². The Morgan fingerprint density at radius 1 is 1.04 bits per heavy atom. The van der Waals surface area contributed by atoms with Crippen molar-refractivity contribution >= 4 is 28.4 Å². The minimum absolute atomic E-state index is 0.0498. The lowest BCUT2D eigenvalue weighted by molar-refractivity contribution is 0.313. The molecule has 7 nitrogen and oxygen atoms in total. The lowest BCUT2D eigenvalue weighted by Crippen LogP contribution is -2.44. The summed E-state index contributed by atoms with van der Waals surface area (Å²) < 4.78 is 1.65. The number of hydrogen-bond acceptors (Lipinski definition) is 6. The summed E-state index contributed by atoms with van der Waals surface area (Å²) in [6.45, 7) is 6.78. The van der Waals surface area contributed by atoms with Gasteiger partial charge in [-0.1, -0.05) is 0 Å². The second-order valence-corrected chi connectivity index (χ2v) is 6.85. The number of likely N-dealkylation sites (N-methyl/N-ethyl adjacent to an activating group) is 1. The Bertz CT molecular complexity index is 990. The summed E-state index contributed by atoms with van der Waals surface area (Å²) in [5.41, 5.74) is 2.75. The molecule has 140 valence electrons. The van der Waals surface area contributed by atoms with Crippen molar-refractivity contribution in [3.05, 3.63) is 52.9 Å². The molecule has 1 N–H and O–H groups in total. The number of rotatable bonds is 4. The Kier molecular flexibility index (Phi) is 4.77. The van der Waals surface area contributed by atoms with E-state index in [1.165, 1.54) is 5.69 Å². The Hall–Kier alpha value is -2.93. The molecule has 0 atom stereocenters. The Morgan fingerprint density at radius 3 is 2.48 bits per heavy atom. The fourth-order valence-electron chi connectivity index (χ4n) is 3.39. The van der Waals surface area contributed by atoms with Gasteiger partial charge in [0.15, 0.2) is 0 Å². The number of aryl methyl sites for hydroxylation is 1. The zero-order chi connectivity index (χ0) is 18.8. The van der Waals surface area contributed by atoms with Crippen molar-refractivity contribution in [2.24, 2.45) is 0 Å². The van der Waals surface area contributed by atoms with Crippen LogP contribution in [0.1, 0.15) is 6.92 Å². The molecule has 1 aromatic carbocycles. The Labute approximate surface area is 158 Å². The first kappa shape index (κ1) is 17.5. The van der Waals surface area contributed by atoms with Crippen LogP contribution in [-0.4, -0.2) is 52.7 Å². The van der Waals surface area contributed by atoms with Crippen molar-refractivity contribution in [2.75, 3.05) is 43.4 Å². The van der Waals surface area contributed by atoms with Crippen LogP contribution in [0.2, 0.25) is 0 Å². The van der Waals surface area contributed by atoms with Crippen molar-refractivity contribution in [1.82, 2.24) is 19.4 Å². The predicted octanol–water partition coefficient (Wildman–Crippen LogP) is 2.31. The summed E-state index contributed by atoms with van der Waals surface area (Å²) in [6.07, 6.45) is 1.74. The second kappa shape index (κ2) is 7.36. The van der Waals surface area contributed by atoms with Crippen LogP contribution >= 0.6 is 0 Å². The molecule has 4 rings (SSSR count). The molecule has 0 radical (unpaired) electrons. The number of aromatic nitrogens is 3. The van der Waals surface area contributed by atoms with Gasteiger partial charge in [0.1, 0.15) is 5.65 Å². The van der Waals surface area contributed by atoms with Gasteiger partial charge in [0.25, 0.3) is 5.56 Å². The smallest absolute Gasteiger partial charge is 0.252 e. The SMILES string of the molecule is CCn1c(=O)ccc2cnc(Nc3ccc(N4CCN(C)CC4)cc3)nc21. The van der Waals surface area contributed by atoms with Gasteiger partial charge in [0, 0.05) is 61.7 Å². The highest BCUT2D eigenvalue weighted by Gasteiger charge is 2.14. The number of piperazine rings is 1. The molecule has 0 saturated carbocycles. The van der Waals surface area contributed by atoms with E-state index in [9.17, 15) is 4.79 Å². The molecule has 0 spiro atoms. The van der Waals surface area contributed by atoms with Gasteiger partial charge in [0.2, 0.25) is 5.95 Å². The van der Waals surface area contributed by atoms with Crippen molar-refractivity contribution in [2.45, 2.75) is 13.5 Å². The topological polar surface area (TPSA) is 66.3 Å². The van der Waals surface area contributed by atoms with E-state index in [1.807, 2.05) is 19.1 Å². The summed E-state index contributed by atoms with van der Waals surface area (Å²) >= 11 is 0. The van der Waals surface area contributed by atoms with E-state index < -0.39 is 0 Å². The number of nitrogens with zero attached hydrogens (tertiary/aromatic N) is 5. The molecule has 0 aliphatic carbocycles. The zero-order valence-corrected chi connectivity index (χ0v) is 15.7. The molecule has 0 unspecified atom stereocenters. The summed E-state index contributed by atoms with van der Waals surface area (Å²) in [5, 5.41) is 4.09. The van der Waals surface area contributed by atoms with Crippen LogP contribution < -0.4 is 15.8 Å². The third kappa shape index (κ3) is 3.64. The highest BCUT2D eigenvalue weighted by molar-refractivity contribution is 5.75. The highest BCUT2D eigenvalue weighted by atomic mass is 16.1. The van der Waals surface area contributed by atoms with Crippen LogP contribution in [-0.2, 0) is 6.54 Å². The molecule has 1 fully saturated rings. The van der Waals surface area contributed by atoms with E-state index in [1.54, 1.807) is 22.9 Å². The lowest BCUT2D eigenvalue weighted by atomic mass is 10.2. The Balaban J connectivity index is 1.54. The summed E-state index contributed by atoms with van der Waals surface area (Å²) in [5.74, 6) is 0.489. The molecular weight excluding hydrogens is 340 g/mol. The number of anilines is 3. The van der Waals surface area contributed by atoms with E-state index in [2.05, 4.69) is 44.3 Å². The molecule has 27 heavy (non-hydrogen) atoms. The lowest BCUT2D eigenvalue weighted by Gasteiger charge is -2.34. The molecule has 3 heterocycles.